The van der Waals surface area contributed by atoms with Gasteiger partial charge in [-0.25, -0.2) is 9.59 Å². The summed E-state index contributed by atoms with van der Waals surface area (Å²) in [5, 5.41) is 10.8. The minimum absolute atomic E-state index is 0.0579. The van der Waals surface area contributed by atoms with Gasteiger partial charge in [0.15, 0.2) is 11.9 Å². The molecule has 0 spiro atoms. The molecule has 0 unspecified atom stereocenters. The van der Waals surface area contributed by atoms with Crippen LogP contribution in [0.5, 0.6) is 0 Å². The fourth-order valence-corrected chi connectivity index (χ4v) is 3.78. The maximum Gasteiger partial charge on any atom is 0.338 e. The number of esters is 3. The van der Waals surface area contributed by atoms with Crippen molar-refractivity contribution in [1.29, 1.82) is 0 Å². The number of carbonyl (C=O) groups is 3. The molecule has 2 fully saturated rings. The van der Waals surface area contributed by atoms with Crippen LogP contribution in [0.2, 0.25) is 0 Å². The quantitative estimate of drug-likeness (QED) is 0.104. The molecule has 0 aromatic heterocycles. The van der Waals surface area contributed by atoms with E-state index in [-0.39, 0.29) is 43.3 Å². The fourth-order valence-electron chi connectivity index (χ4n) is 3.78. The standard InChI is InChI=1S/C24H29NO12/c1-5-31-18(26)11-16(12-19(27)32-6-2)34-23-21-20(36-24(3,4)37-21)17(35-23)13-33-22(28)14-7-9-15(10-8-14)25(29)30/h7-11,17,20-21,23H,5-6,12-13H2,1-4H3/t17-,20-,21-,23-/m1/s1. The van der Waals surface area contributed by atoms with Gasteiger partial charge in [0.2, 0.25) is 6.29 Å². The molecule has 202 valence electrons. The smallest absolute Gasteiger partial charge is 0.338 e. The number of benzene rings is 1. The summed E-state index contributed by atoms with van der Waals surface area (Å²) in [4.78, 5) is 46.8. The van der Waals surface area contributed by atoms with E-state index in [1.54, 1.807) is 27.7 Å². The Bertz CT molecular complexity index is 1030. The molecular weight excluding hydrogens is 494 g/mol. The lowest BCUT2D eigenvalue weighted by molar-refractivity contribution is -0.384. The monoisotopic (exact) mass is 523 g/mol. The van der Waals surface area contributed by atoms with Gasteiger partial charge >= 0.3 is 17.9 Å². The number of fused-ring (bicyclic) bond motifs is 1. The van der Waals surface area contributed by atoms with Crippen LogP contribution in [0.25, 0.3) is 0 Å². The van der Waals surface area contributed by atoms with Gasteiger partial charge in [0.05, 0.1) is 29.8 Å². The largest absolute Gasteiger partial charge is 0.466 e. The molecule has 37 heavy (non-hydrogen) atoms. The van der Waals surface area contributed by atoms with Crippen molar-refractivity contribution in [2.24, 2.45) is 0 Å². The SMILES string of the molecule is CCOC(=O)C=C(CC(=O)OCC)O[C@@H]1O[C@H](COC(=O)c2ccc([N+](=O)[O-])cc2)[C@H]2OC(C)(C)O[C@@H]12. The normalized spacial score (nSPS) is 24.2. The highest BCUT2D eigenvalue weighted by atomic mass is 16.8. The average Bonchev–Trinajstić information content (AvgIpc) is 3.30. The predicted molar refractivity (Wildman–Crippen MR) is 123 cm³/mol. The van der Waals surface area contributed by atoms with E-state index in [0.29, 0.717) is 0 Å². The summed E-state index contributed by atoms with van der Waals surface area (Å²) in [6.45, 7) is 6.68. The molecule has 2 aliphatic heterocycles. The molecule has 0 N–H and O–H groups in total. The predicted octanol–water partition coefficient (Wildman–Crippen LogP) is 2.41. The molecule has 0 aliphatic carbocycles. The number of non-ortho nitro benzene ring substituents is 1. The van der Waals surface area contributed by atoms with E-state index in [1.807, 2.05) is 0 Å². The first-order valence-corrected chi connectivity index (χ1v) is 11.6. The van der Waals surface area contributed by atoms with Crippen molar-refractivity contribution in [3.63, 3.8) is 0 Å². The highest BCUT2D eigenvalue weighted by molar-refractivity contribution is 5.89. The lowest BCUT2D eigenvalue weighted by atomic mass is 10.1. The van der Waals surface area contributed by atoms with Crippen molar-refractivity contribution in [1.82, 2.24) is 0 Å². The van der Waals surface area contributed by atoms with Crippen LogP contribution in [0.4, 0.5) is 5.69 Å². The van der Waals surface area contributed by atoms with Gasteiger partial charge in [-0.2, -0.15) is 0 Å². The number of nitro benzene ring substituents is 1. The van der Waals surface area contributed by atoms with E-state index in [9.17, 15) is 24.5 Å². The van der Waals surface area contributed by atoms with Crippen molar-refractivity contribution in [2.45, 2.75) is 64.5 Å². The maximum absolute atomic E-state index is 12.5. The Kier molecular flexibility index (Phi) is 9.18. The molecular formula is C24H29NO12. The summed E-state index contributed by atoms with van der Waals surface area (Å²) in [7, 11) is 0. The van der Waals surface area contributed by atoms with Crippen molar-refractivity contribution < 1.29 is 52.5 Å². The Hall–Kier alpha value is -3.55. The molecule has 2 aliphatic rings. The van der Waals surface area contributed by atoms with E-state index >= 15 is 0 Å². The van der Waals surface area contributed by atoms with Crippen LogP contribution >= 0.6 is 0 Å². The van der Waals surface area contributed by atoms with Gasteiger partial charge < -0.3 is 33.2 Å². The number of ether oxygens (including phenoxy) is 7. The van der Waals surface area contributed by atoms with Crippen LogP contribution in [0.1, 0.15) is 44.5 Å². The average molecular weight is 523 g/mol. The second-order valence-electron chi connectivity index (χ2n) is 8.47. The van der Waals surface area contributed by atoms with Gasteiger partial charge in [-0.1, -0.05) is 0 Å². The third-order valence-electron chi connectivity index (χ3n) is 5.26. The summed E-state index contributed by atoms with van der Waals surface area (Å²) >= 11 is 0. The molecule has 0 saturated carbocycles. The van der Waals surface area contributed by atoms with Crippen molar-refractivity contribution in [3.05, 3.63) is 51.8 Å². The first-order chi connectivity index (χ1) is 17.5. The fraction of sp³-hybridized carbons (Fsp3) is 0.542. The number of nitrogens with zero attached hydrogens (tertiary/aromatic N) is 1. The molecule has 13 heteroatoms. The van der Waals surface area contributed by atoms with Crippen molar-refractivity contribution in [3.8, 4) is 0 Å². The van der Waals surface area contributed by atoms with Gasteiger partial charge in [0.1, 0.15) is 31.0 Å². The summed E-state index contributed by atoms with van der Waals surface area (Å²) in [5.41, 5.74) is -0.0438. The molecule has 1 aromatic carbocycles. The van der Waals surface area contributed by atoms with E-state index in [2.05, 4.69) is 0 Å². The van der Waals surface area contributed by atoms with Crippen LogP contribution in [0.15, 0.2) is 36.1 Å². The van der Waals surface area contributed by atoms with Crippen LogP contribution in [0.3, 0.4) is 0 Å². The molecule has 1 aromatic rings. The molecule has 2 saturated heterocycles. The topological polar surface area (TPSA) is 159 Å². The van der Waals surface area contributed by atoms with Crippen LogP contribution in [-0.2, 0) is 42.7 Å². The Morgan fingerprint density at radius 1 is 1.03 bits per heavy atom. The van der Waals surface area contributed by atoms with Crippen LogP contribution in [0, 0.1) is 10.1 Å². The number of nitro groups is 1. The summed E-state index contributed by atoms with van der Waals surface area (Å²) < 4.78 is 38.8. The van der Waals surface area contributed by atoms with Crippen molar-refractivity contribution in [2.75, 3.05) is 19.8 Å². The first kappa shape index (κ1) is 28.0. The Morgan fingerprint density at radius 3 is 2.30 bits per heavy atom. The summed E-state index contributed by atoms with van der Waals surface area (Å²) in [6, 6.07) is 4.95. The maximum atomic E-state index is 12.5. The molecule has 0 radical (unpaired) electrons. The van der Waals surface area contributed by atoms with Gasteiger partial charge in [0.25, 0.3) is 5.69 Å². The minimum Gasteiger partial charge on any atom is -0.466 e. The molecule has 3 rings (SSSR count). The second kappa shape index (κ2) is 12.1. The molecule has 0 bridgehead atoms. The lowest BCUT2D eigenvalue weighted by Gasteiger charge is -2.25. The van der Waals surface area contributed by atoms with Crippen LogP contribution < -0.4 is 0 Å². The van der Waals surface area contributed by atoms with Gasteiger partial charge in [-0.15, -0.1) is 0 Å². The molecule has 0 amide bonds. The van der Waals surface area contributed by atoms with E-state index in [1.165, 1.54) is 24.3 Å². The number of rotatable bonds is 11. The highest BCUT2D eigenvalue weighted by Crippen LogP contribution is 2.40. The van der Waals surface area contributed by atoms with Crippen LogP contribution in [-0.4, -0.2) is 73.0 Å². The number of hydrogen-bond donors (Lipinski definition) is 0. The van der Waals surface area contributed by atoms with E-state index in [0.717, 1.165) is 6.08 Å². The second-order valence-corrected chi connectivity index (χ2v) is 8.47. The van der Waals surface area contributed by atoms with E-state index < -0.39 is 53.2 Å². The first-order valence-electron chi connectivity index (χ1n) is 11.6. The Labute approximate surface area is 212 Å². The lowest BCUT2D eigenvalue weighted by Crippen LogP contribution is -2.33. The zero-order chi connectivity index (χ0) is 27.2. The van der Waals surface area contributed by atoms with Crippen molar-refractivity contribution >= 4 is 23.6 Å². The van der Waals surface area contributed by atoms with Gasteiger partial charge in [-0.05, 0) is 39.8 Å². The third-order valence-corrected chi connectivity index (χ3v) is 5.26. The summed E-state index contributed by atoms with van der Waals surface area (Å²) in [6.07, 6.45) is -2.72. The van der Waals surface area contributed by atoms with Gasteiger partial charge in [-0.3, -0.25) is 14.9 Å². The third kappa shape index (κ3) is 7.47. The zero-order valence-corrected chi connectivity index (χ0v) is 20.9. The Morgan fingerprint density at radius 2 is 1.68 bits per heavy atom. The zero-order valence-electron chi connectivity index (χ0n) is 20.9. The Balaban J connectivity index is 1.71. The molecule has 4 atom stereocenters. The number of carbonyl (C=O) groups excluding carboxylic acids is 3. The minimum atomic E-state index is -1.11. The summed E-state index contributed by atoms with van der Waals surface area (Å²) in [5.74, 6) is -3.12. The van der Waals surface area contributed by atoms with E-state index in [4.69, 9.17) is 33.2 Å². The highest BCUT2D eigenvalue weighted by Gasteiger charge is 2.57. The molecule has 13 nitrogen and oxygen atoms in total. The van der Waals surface area contributed by atoms with Gasteiger partial charge in [0, 0.05) is 12.1 Å². The molecule has 2 heterocycles. The number of hydrogen-bond acceptors (Lipinski definition) is 12.